The maximum Gasteiger partial charge on any atom is 0.247 e. The van der Waals surface area contributed by atoms with Crippen LogP contribution in [0.1, 0.15) is 13.8 Å². The van der Waals surface area contributed by atoms with E-state index in [1.165, 1.54) is 4.31 Å². The molecule has 0 bridgehead atoms. The first-order valence-corrected chi connectivity index (χ1v) is 11.8. The highest BCUT2D eigenvalue weighted by Gasteiger charge is 2.37. The Kier molecular flexibility index (Phi) is 7.26. The average molecular weight is 449 g/mol. The number of aliphatic hydroxyl groups excluding tert-OH is 1. The number of ether oxygens (including phenoxy) is 2. The van der Waals surface area contributed by atoms with Crippen molar-refractivity contribution in [2.75, 3.05) is 40.9 Å². The molecule has 0 saturated carbocycles. The van der Waals surface area contributed by atoms with Crippen LogP contribution in [0.2, 0.25) is 0 Å². The summed E-state index contributed by atoms with van der Waals surface area (Å²) in [5.74, 6) is 0.980. The second-order valence-electron chi connectivity index (χ2n) is 8.40. The lowest BCUT2D eigenvalue weighted by molar-refractivity contribution is 0.0813. The molecule has 0 aromatic heterocycles. The first-order chi connectivity index (χ1) is 14.7. The zero-order valence-corrected chi connectivity index (χ0v) is 19.6. The Bertz CT molecular complexity index is 1010. The maximum absolute atomic E-state index is 13.5. The molecular formula is C23H32N2O5S. The summed E-state index contributed by atoms with van der Waals surface area (Å²) in [7, 11) is 1.70. The van der Waals surface area contributed by atoms with Crippen LogP contribution in [0, 0.1) is 5.92 Å². The summed E-state index contributed by atoms with van der Waals surface area (Å²) in [6, 6.07) is 12.2. The van der Waals surface area contributed by atoms with Crippen LogP contribution in [0.25, 0.3) is 11.1 Å². The van der Waals surface area contributed by atoms with Gasteiger partial charge in [-0.25, -0.2) is 8.42 Å². The van der Waals surface area contributed by atoms with Crippen LogP contribution in [0.5, 0.6) is 11.5 Å². The Morgan fingerprint density at radius 3 is 2.58 bits per heavy atom. The molecule has 2 aromatic carbocycles. The molecule has 1 heterocycles. The molecule has 1 N–H and O–H groups in total. The minimum absolute atomic E-state index is 0.0696. The van der Waals surface area contributed by atoms with Crippen molar-refractivity contribution in [2.24, 2.45) is 5.92 Å². The molecule has 0 amide bonds. The fourth-order valence-electron chi connectivity index (χ4n) is 3.79. The monoisotopic (exact) mass is 448 g/mol. The highest BCUT2D eigenvalue weighted by atomic mass is 32.2. The Morgan fingerprint density at radius 2 is 1.94 bits per heavy atom. The van der Waals surface area contributed by atoms with Crippen molar-refractivity contribution in [2.45, 2.75) is 30.9 Å². The van der Waals surface area contributed by atoms with Crippen molar-refractivity contribution >= 4 is 10.0 Å². The second kappa shape index (κ2) is 9.56. The summed E-state index contributed by atoms with van der Waals surface area (Å²) in [5.41, 5.74) is 1.74. The van der Waals surface area contributed by atoms with Crippen LogP contribution in [-0.4, -0.2) is 75.8 Å². The third-order valence-corrected chi connectivity index (χ3v) is 7.63. The van der Waals surface area contributed by atoms with Crippen molar-refractivity contribution in [1.82, 2.24) is 9.21 Å². The van der Waals surface area contributed by atoms with Gasteiger partial charge in [0.05, 0.1) is 13.7 Å². The summed E-state index contributed by atoms with van der Waals surface area (Å²) in [4.78, 5) is 2.15. The van der Waals surface area contributed by atoms with E-state index in [9.17, 15) is 13.5 Å². The summed E-state index contributed by atoms with van der Waals surface area (Å²) in [5, 5.41) is 9.71. The highest BCUT2D eigenvalue weighted by Crippen LogP contribution is 2.37. The molecule has 7 nitrogen and oxygen atoms in total. The predicted molar refractivity (Wildman–Crippen MR) is 121 cm³/mol. The number of benzene rings is 2. The zero-order valence-electron chi connectivity index (χ0n) is 18.8. The second-order valence-corrected chi connectivity index (χ2v) is 10.3. The summed E-state index contributed by atoms with van der Waals surface area (Å²) < 4.78 is 40.1. The quantitative estimate of drug-likeness (QED) is 0.732. The van der Waals surface area contributed by atoms with E-state index in [-0.39, 0.29) is 30.1 Å². The molecule has 0 fully saturated rings. The Balaban J connectivity index is 2.15. The zero-order chi connectivity index (χ0) is 22.8. The molecule has 8 heteroatoms. The van der Waals surface area contributed by atoms with E-state index in [1.54, 1.807) is 32.2 Å². The van der Waals surface area contributed by atoms with E-state index >= 15 is 0 Å². The molecule has 0 radical (unpaired) electrons. The summed E-state index contributed by atoms with van der Waals surface area (Å²) in [6.07, 6.45) is -0.210. The Labute approximate surface area is 185 Å². The molecular weight excluding hydrogens is 416 g/mol. The topological polar surface area (TPSA) is 79.3 Å². The smallest absolute Gasteiger partial charge is 0.247 e. The molecule has 0 spiro atoms. The lowest BCUT2D eigenvalue weighted by Gasteiger charge is -2.37. The largest absolute Gasteiger partial charge is 0.497 e. The Hall–Kier alpha value is -2.13. The number of nitrogens with zero attached hydrogens (tertiary/aromatic N) is 2. The molecule has 3 rings (SSSR count). The van der Waals surface area contributed by atoms with Crippen LogP contribution < -0.4 is 9.47 Å². The number of rotatable bonds is 6. The van der Waals surface area contributed by atoms with E-state index in [2.05, 4.69) is 0 Å². The summed E-state index contributed by atoms with van der Waals surface area (Å²) >= 11 is 0. The first-order valence-electron chi connectivity index (χ1n) is 10.4. The van der Waals surface area contributed by atoms with Gasteiger partial charge < -0.3 is 19.5 Å². The van der Waals surface area contributed by atoms with Gasteiger partial charge in [0.25, 0.3) is 0 Å². The first kappa shape index (κ1) is 23.5. The van der Waals surface area contributed by atoms with Gasteiger partial charge in [-0.05, 0) is 56.4 Å². The number of hydrogen-bond donors (Lipinski definition) is 1. The van der Waals surface area contributed by atoms with Crippen LogP contribution in [0.15, 0.2) is 47.4 Å². The van der Waals surface area contributed by atoms with Crippen molar-refractivity contribution < 1.29 is 23.0 Å². The van der Waals surface area contributed by atoms with E-state index in [1.807, 2.05) is 50.2 Å². The third-order valence-electron chi connectivity index (χ3n) is 5.62. The fraction of sp³-hybridized carbons (Fsp3) is 0.478. The van der Waals surface area contributed by atoms with Gasteiger partial charge in [-0.2, -0.15) is 4.31 Å². The molecule has 31 heavy (non-hydrogen) atoms. The van der Waals surface area contributed by atoms with Crippen molar-refractivity contribution in [3.05, 3.63) is 42.5 Å². The lowest BCUT2D eigenvalue weighted by atomic mass is 10.0. The number of methoxy groups -OCH3 is 1. The molecule has 3 atom stereocenters. The van der Waals surface area contributed by atoms with Gasteiger partial charge in [-0.3, -0.25) is 0 Å². The molecule has 170 valence electrons. The van der Waals surface area contributed by atoms with Gasteiger partial charge >= 0.3 is 0 Å². The number of aliphatic hydroxyl groups is 1. The average Bonchev–Trinajstić information content (AvgIpc) is 2.75. The van der Waals surface area contributed by atoms with E-state index in [0.717, 1.165) is 16.9 Å². The Morgan fingerprint density at radius 1 is 1.23 bits per heavy atom. The highest BCUT2D eigenvalue weighted by molar-refractivity contribution is 7.89. The standard InChI is InChI=1S/C23H32N2O5S/c1-16-13-25(17(2)15-26)31(27,28)23-10-9-19(18-7-6-8-20(11-18)29-5)12-21(23)30-22(16)14-24(3)4/h6-12,16-17,22,26H,13-15H2,1-5H3/t16-,17-,22+/m1/s1. The van der Waals surface area contributed by atoms with Crippen LogP contribution in [0.4, 0.5) is 0 Å². The molecule has 0 saturated heterocycles. The number of likely N-dealkylation sites (N-methyl/N-ethyl adjacent to an activating group) is 1. The van der Waals surface area contributed by atoms with Gasteiger partial charge in [-0.15, -0.1) is 0 Å². The third kappa shape index (κ3) is 5.03. The van der Waals surface area contributed by atoms with Crippen LogP contribution >= 0.6 is 0 Å². The molecule has 0 aliphatic carbocycles. The molecule has 1 aliphatic rings. The minimum atomic E-state index is -3.84. The number of sulfonamides is 1. The van der Waals surface area contributed by atoms with Crippen LogP contribution in [-0.2, 0) is 10.0 Å². The number of hydrogen-bond acceptors (Lipinski definition) is 6. The maximum atomic E-state index is 13.5. The fourth-order valence-corrected chi connectivity index (χ4v) is 5.61. The van der Waals surface area contributed by atoms with Gasteiger partial charge in [-0.1, -0.05) is 25.1 Å². The van der Waals surface area contributed by atoms with Gasteiger partial charge in [0.1, 0.15) is 22.5 Å². The summed E-state index contributed by atoms with van der Waals surface area (Å²) in [6.45, 7) is 4.38. The van der Waals surface area contributed by atoms with Crippen LogP contribution in [0.3, 0.4) is 0 Å². The van der Waals surface area contributed by atoms with Crippen molar-refractivity contribution in [3.63, 3.8) is 0 Å². The van der Waals surface area contributed by atoms with Crippen molar-refractivity contribution in [3.8, 4) is 22.6 Å². The number of fused-ring (bicyclic) bond motifs is 1. The van der Waals surface area contributed by atoms with E-state index in [4.69, 9.17) is 9.47 Å². The predicted octanol–water partition coefficient (Wildman–Crippen LogP) is 2.69. The minimum Gasteiger partial charge on any atom is -0.497 e. The van der Waals surface area contributed by atoms with E-state index in [0.29, 0.717) is 12.3 Å². The van der Waals surface area contributed by atoms with Gasteiger partial charge in [0.15, 0.2) is 0 Å². The van der Waals surface area contributed by atoms with Gasteiger partial charge in [0, 0.05) is 25.0 Å². The van der Waals surface area contributed by atoms with Crippen molar-refractivity contribution in [1.29, 1.82) is 0 Å². The van der Waals surface area contributed by atoms with Gasteiger partial charge in [0.2, 0.25) is 10.0 Å². The molecule has 2 aromatic rings. The SMILES string of the molecule is COc1cccc(-c2ccc3c(c2)O[C@@H](CN(C)C)[C@H](C)CN([C@H](C)CO)S3(=O)=O)c1. The molecule has 1 aliphatic heterocycles. The normalized spacial score (nSPS) is 22.2. The van der Waals surface area contributed by atoms with E-state index < -0.39 is 16.1 Å². The molecule has 0 unspecified atom stereocenters. The lowest BCUT2D eigenvalue weighted by Crippen LogP contribution is -2.49.